The number of nitrogens with two attached hydrogens (primary N) is 1. The number of anilines is 3. The molecule has 0 unspecified atom stereocenters. The van der Waals surface area contributed by atoms with Gasteiger partial charge in [0.05, 0.1) is 11.9 Å². The van der Waals surface area contributed by atoms with Crippen LogP contribution in [0.3, 0.4) is 0 Å². The van der Waals surface area contributed by atoms with Crippen molar-refractivity contribution in [3.05, 3.63) is 6.20 Å². The Hall–Kier alpha value is -1.52. The second-order valence-electron chi connectivity index (χ2n) is 4.15. The summed E-state index contributed by atoms with van der Waals surface area (Å²) in [5.74, 6) is 1.40. The smallest absolute Gasteiger partial charge is 0.224 e. The average Bonchev–Trinajstić information content (AvgIpc) is 2.76. The lowest BCUT2D eigenvalue weighted by molar-refractivity contribution is 0.744. The van der Waals surface area contributed by atoms with Crippen molar-refractivity contribution in [3.8, 4) is 0 Å². The Balaban J connectivity index is 2.05. The van der Waals surface area contributed by atoms with E-state index in [1.807, 2.05) is 6.92 Å². The van der Waals surface area contributed by atoms with Crippen LogP contribution < -0.4 is 16.4 Å². The lowest BCUT2D eigenvalue weighted by atomic mass is 10.2. The fourth-order valence-electron chi connectivity index (χ4n) is 2.02. The highest BCUT2D eigenvalue weighted by Crippen LogP contribution is 2.22. The molecule has 0 atom stereocenters. The van der Waals surface area contributed by atoms with E-state index in [1.54, 1.807) is 6.20 Å². The van der Waals surface area contributed by atoms with Crippen LogP contribution in [0.5, 0.6) is 0 Å². The number of nitrogen functional groups attached to an aromatic ring is 1. The van der Waals surface area contributed by atoms with Crippen molar-refractivity contribution in [2.75, 3.05) is 22.9 Å². The first-order valence-corrected chi connectivity index (χ1v) is 5.92. The quantitative estimate of drug-likeness (QED) is 0.723. The van der Waals surface area contributed by atoms with E-state index in [0.29, 0.717) is 17.7 Å². The molecule has 1 saturated carbocycles. The molecule has 1 aliphatic carbocycles. The third-order valence-electron chi connectivity index (χ3n) is 2.85. The van der Waals surface area contributed by atoms with Crippen LogP contribution in [0.4, 0.5) is 17.5 Å². The highest BCUT2D eigenvalue weighted by atomic mass is 15.2. The molecule has 5 heteroatoms. The molecule has 0 aromatic carbocycles. The Bertz CT molecular complexity index is 346. The standard InChI is InChI=1S/C11H19N5/c1-2-13-10-9(12)7-14-11(16-10)15-8-5-3-4-6-8/h7-8H,2-6,12H2,1H3,(H2,13,14,15,16). The molecule has 0 amide bonds. The number of hydrogen-bond donors (Lipinski definition) is 3. The van der Waals surface area contributed by atoms with Crippen LogP contribution in [0.15, 0.2) is 6.20 Å². The zero-order valence-corrected chi connectivity index (χ0v) is 9.66. The van der Waals surface area contributed by atoms with Gasteiger partial charge in [0.2, 0.25) is 5.95 Å². The largest absolute Gasteiger partial charge is 0.394 e. The molecule has 2 rings (SSSR count). The lowest BCUT2D eigenvalue weighted by Gasteiger charge is -2.13. The summed E-state index contributed by atoms with van der Waals surface area (Å²) < 4.78 is 0. The van der Waals surface area contributed by atoms with Gasteiger partial charge in [-0.1, -0.05) is 12.8 Å². The van der Waals surface area contributed by atoms with E-state index in [0.717, 1.165) is 12.4 Å². The predicted molar refractivity (Wildman–Crippen MR) is 66.5 cm³/mol. The molecule has 0 saturated heterocycles. The summed E-state index contributed by atoms with van der Waals surface area (Å²) in [5, 5.41) is 6.47. The van der Waals surface area contributed by atoms with Crippen molar-refractivity contribution in [2.24, 2.45) is 0 Å². The molecule has 0 spiro atoms. The predicted octanol–water partition coefficient (Wildman–Crippen LogP) is 1.85. The highest BCUT2D eigenvalue weighted by molar-refractivity contribution is 5.61. The topological polar surface area (TPSA) is 75.9 Å². The van der Waals surface area contributed by atoms with Crippen molar-refractivity contribution in [1.82, 2.24) is 9.97 Å². The molecular weight excluding hydrogens is 202 g/mol. The van der Waals surface area contributed by atoms with Gasteiger partial charge in [-0.3, -0.25) is 0 Å². The van der Waals surface area contributed by atoms with Gasteiger partial charge < -0.3 is 16.4 Å². The van der Waals surface area contributed by atoms with Crippen LogP contribution in [0.25, 0.3) is 0 Å². The van der Waals surface area contributed by atoms with E-state index >= 15 is 0 Å². The van der Waals surface area contributed by atoms with Crippen molar-refractivity contribution >= 4 is 17.5 Å². The fraction of sp³-hybridized carbons (Fsp3) is 0.636. The summed E-state index contributed by atoms with van der Waals surface area (Å²) >= 11 is 0. The lowest BCUT2D eigenvalue weighted by Crippen LogP contribution is -2.17. The number of nitrogens with zero attached hydrogens (tertiary/aromatic N) is 2. The molecule has 1 aromatic heterocycles. The van der Waals surface area contributed by atoms with Gasteiger partial charge in [0, 0.05) is 12.6 Å². The number of rotatable bonds is 4. The maximum Gasteiger partial charge on any atom is 0.224 e. The van der Waals surface area contributed by atoms with E-state index in [2.05, 4.69) is 20.6 Å². The van der Waals surface area contributed by atoms with Gasteiger partial charge in [-0.2, -0.15) is 4.98 Å². The first kappa shape index (κ1) is 11.0. The second-order valence-corrected chi connectivity index (χ2v) is 4.15. The molecule has 1 heterocycles. The number of nitrogens with one attached hydrogen (secondary N) is 2. The molecule has 0 radical (unpaired) electrons. The van der Waals surface area contributed by atoms with Crippen LogP contribution >= 0.6 is 0 Å². The third-order valence-corrected chi connectivity index (χ3v) is 2.85. The van der Waals surface area contributed by atoms with Crippen molar-refractivity contribution in [1.29, 1.82) is 0 Å². The summed E-state index contributed by atoms with van der Waals surface area (Å²) in [6, 6.07) is 0.526. The second kappa shape index (κ2) is 5.01. The van der Waals surface area contributed by atoms with Gasteiger partial charge in [-0.25, -0.2) is 4.98 Å². The van der Waals surface area contributed by atoms with Crippen LogP contribution in [0.1, 0.15) is 32.6 Å². The van der Waals surface area contributed by atoms with Crippen LogP contribution in [0, 0.1) is 0 Å². The van der Waals surface area contributed by atoms with Crippen LogP contribution in [-0.4, -0.2) is 22.6 Å². The third kappa shape index (κ3) is 2.53. The molecule has 0 bridgehead atoms. The van der Waals surface area contributed by atoms with Gasteiger partial charge in [-0.05, 0) is 19.8 Å². The Morgan fingerprint density at radius 3 is 2.88 bits per heavy atom. The van der Waals surface area contributed by atoms with Gasteiger partial charge >= 0.3 is 0 Å². The normalized spacial score (nSPS) is 16.3. The first-order chi connectivity index (χ1) is 7.79. The van der Waals surface area contributed by atoms with Crippen LogP contribution in [0.2, 0.25) is 0 Å². The first-order valence-electron chi connectivity index (χ1n) is 5.92. The van der Waals surface area contributed by atoms with Crippen LogP contribution in [-0.2, 0) is 0 Å². The molecule has 4 N–H and O–H groups in total. The molecule has 5 nitrogen and oxygen atoms in total. The SMILES string of the molecule is CCNc1nc(NC2CCCC2)ncc1N. The minimum atomic E-state index is 0.526. The zero-order valence-electron chi connectivity index (χ0n) is 9.66. The Labute approximate surface area is 95.9 Å². The monoisotopic (exact) mass is 221 g/mol. The van der Waals surface area contributed by atoms with E-state index < -0.39 is 0 Å². The average molecular weight is 221 g/mol. The molecule has 88 valence electrons. The summed E-state index contributed by atoms with van der Waals surface area (Å²) in [5.41, 5.74) is 6.36. The van der Waals surface area contributed by atoms with Gasteiger partial charge in [0.1, 0.15) is 0 Å². The van der Waals surface area contributed by atoms with Crippen molar-refractivity contribution < 1.29 is 0 Å². The maximum atomic E-state index is 5.77. The summed E-state index contributed by atoms with van der Waals surface area (Å²) in [6.45, 7) is 2.83. The minimum absolute atomic E-state index is 0.526. The van der Waals surface area contributed by atoms with Gasteiger partial charge in [-0.15, -0.1) is 0 Å². The Kier molecular flexibility index (Phi) is 3.44. The van der Waals surface area contributed by atoms with E-state index in [9.17, 15) is 0 Å². The van der Waals surface area contributed by atoms with E-state index in [1.165, 1.54) is 25.7 Å². The molecular formula is C11H19N5. The molecule has 0 aliphatic heterocycles. The minimum Gasteiger partial charge on any atom is -0.394 e. The molecule has 1 aliphatic rings. The number of hydrogen-bond acceptors (Lipinski definition) is 5. The number of aromatic nitrogens is 2. The molecule has 1 aromatic rings. The highest BCUT2D eigenvalue weighted by Gasteiger charge is 2.15. The maximum absolute atomic E-state index is 5.77. The van der Waals surface area contributed by atoms with Crippen molar-refractivity contribution in [3.63, 3.8) is 0 Å². The van der Waals surface area contributed by atoms with Crippen molar-refractivity contribution in [2.45, 2.75) is 38.6 Å². The fourth-order valence-corrected chi connectivity index (χ4v) is 2.02. The van der Waals surface area contributed by atoms with E-state index in [4.69, 9.17) is 5.73 Å². The van der Waals surface area contributed by atoms with E-state index in [-0.39, 0.29) is 0 Å². The Morgan fingerprint density at radius 2 is 2.19 bits per heavy atom. The van der Waals surface area contributed by atoms with Gasteiger partial charge in [0.25, 0.3) is 0 Å². The molecule has 1 fully saturated rings. The summed E-state index contributed by atoms with van der Waals surface area (Å²) in [7, 11) is 0. The summed E-state index contributed by atoms with van der Waals surface area (Å²) in [4.78, 5) is 8.56. The summed E-state index contributed by atoms with van der Waals surface area (Å²) in [6.07, 6.45) is 6.68. The zero-order chi connectivity index (χ0) is 11.4. The molecule has 16 heavy (non-hydrogen) atoms. The van der Waals surface area contributed by atoms with Gasteiger partial charge in [0.15, 0.2) is 5.82 Å². The Morgan fingerprint density at radius 1 is 1.44 bits per heavy atom.